The molecule has 0 radical (unpaired) electrons. The lowest BCUT2D eigenvalue weighted by atomic mass is 9.80. The topological polar surface area (TPSA) is 67.0 Å². The van der Waals surface area contributed by atoms with Gasteiger partial charge in [-0.1, -0.05) is 32.3 Å². The summed E-state index contributed by atoms with van der Waals surface area (Å²) in [6.45, 7) is 9.61. The molecule has 0 spiro atoms. The van der Waals surface area contributed by atoms with Crippen LogP contribution in [-0.2, 0) is 16.0 Å². The fourth-order valence-corrected chi connectivity index (χ4v) is 3.37. The molecule has 0 saturated heterocycles. The second-order valence-electron chi connectivity index (χ2n) is 9.37. The number of rotatable bonds is 9. The summed E-state index contributed by atoms with van der Waals surface area (Å²) in [5, 5.41) is 5.40. The van der Waals surface area contributed by atoms with Gasteiger partial charge in [0.25, 0.3) is 0 Å². The molecule has 3 aromatic rings. The first-order chi connectivity index (χ1) is 13.7. The molecule has 2 aromatic heterocycles. The molecule has 29 heavy (non-hydrogen) atoms. The molecule has 0 aliphatic rings. The van der Waals surface area contributed by atoms with E-state index >= 15 is 0 Å². The van der Waals surface area contributed by atoms with E-state index in [0.29, 0.717) is 26.1 Å². The first-order valence-corrected chi connectivity index (χ1v) is 10.4. The number of aryl methyl sites for hydroxylation is 1. The Morgan fingerprint density at radius 2 is 1.93 bits per heavy atom. The number of amides is 1. The molecule has 2 heterocycles. The molecule has 1 amide bonds. The minimum absolute atomic E-state index is 0.0503. The van der Waals surface area contributed by atoms with Crippen LogP contribution in [0.3, 0.4) is 0 Å². The van der Waals surface area contributed by atoms with Crippen molar-refractivity contribution in [2.24, 2.45) is 5.41 Å². The fraction of sp³-hybridized carbons (Fsp3) is 0.478. The van der Waals surface area contributed by atoms with Crippen LogP contribution in [0.25, 0.3) is 21.8 Å². The highest BCUT2D eigenvalue weighted by atomic mass is 16.5. The van der Waals surface area contributed by atoms with Crippen LogP contribution in [0.15, 0.2) is 36.7 Å². The highest BCUT2D eigenvalue weighted by Crippen LogP contribution is 2.25. The molecule has 154 valence electrons. The molecular formula is C23H32BN3O2. The van der Waals surface area contributed by atoms with Gasteiger partial charge in [0.05, 0.1) is 18.8 Å². The first-order valence-electron chi connectivity index (χ1n) is 10.4. The SMILES string of the molecule is BCC(C)(C)COCC(C)(C)NC(=O)CCc1ccc2c(c1)[nH]c1ccncc12. The summed E-state index contributed by atoms with van der Waals surface area (Å²) in [5.41, 5.74) is 3.09. The van der Waals surface area contributed by atoms with E-state index in [1.54, 1.807) is 6.20 Å². The number of benzene rings is 1. The number of nitrogens with one attached hydrogen (secondary N) is 2. The van der Waals surface area contributed by atoms with Crippen molar-refractivity contribution < 1.29 is 9.53 Å². The molecular weight excluding hydrogens is 361 g/mol. The third-order valence-corrected chi connectivity index (χ3v) is 5.50. The first kappa shape index (κ1) is 21.4. The summed E-state index contributed by atoms with van der Waals surface area (Å²) >= 11 is 0. The Hall–Kier alpha value is -2.34. The van der Waals surface area contributed by atoms with Gasteiger partial charge < -0.3 is 15.0 Å². The van der Waals surface area contributed by atoms with Gasteiger partial charge in [0, 0.05) is 40.6 Å². The van der Waals surface area contributed by atoms with Gasteiger partial charge in [-0.25, -0.2) is 0 Å². The zero-order valence-corrected chi connectivity index (χ0v) is 18.3. The molecule has 2 N–H and O–H groups in total. The van der Waals surface area contributed by atoms with E-state index in [4.69, 9.17) is 4.74 Å². The minimum Gasteiger partial charge on any atom is -0.379 e. The van der Waals surface area contributed by atoms with Crippen LogP contribution < -0.4 is 5.32 Å². The summed E-state index contributed by atoms with van der Waals surface area (Å²) in [6.07, 6.45) is 5.90. The van der Waals surface area contributed by atoms with Gasteiger partial charge in [-0.15, -0.1) is 0 Å². The van der Waals surface area contributed by atoms with Crippen LogP contribution in [0, 0.1) is 5.41 Å². The van der Waals surface area contributed by atoms with E-state index in [1.807, 2.05) is 26.1 Å². The normalized spacial score (nSPS) is 12.6. The number of pyridine rings is 1. The highest BCUT2D eigenvalue weighted by Gasteiger charge is 2.23. The summed E-state index contributed by atoms with van der Waals surface area (Å²) in [6, 6.07) is 8.31. The van der Waals surface area contributed by atoms with E-state index < -0.39 is 0 Å². The fourth-order valence-electron chi connectivity index (χ4n) is 3.37. The zero-order valence-electron chi connectivity index (χ0n) is 18.3. The predicted octanol–water partition coefficient (Wildman–Crippen LogP) is 3.64. The number of carbonyl (C=O) groups excluding carboxylic acids is 1. The zero-order chi connectivity index (χ0) is 21.1. The molecule has 0 aliphatic heterocycles. The summed E-state index contributed by atoms with van der Waals surface area (Å²) in [5.74, 6) is 0.0503. The lowest BCUT2D eigenvalue weighted by molar-refractivity contribution is -0.123. The van der Waals surface area contributed by atoms with Crippen LogP contribution in [0.1, 0.15) is 39.7 Å². The van der Waals surface area contributed by atoms with E-state index in [0.717, 1.165) is 33.7 Å². The Morgan fingerprint density at radius 3 is 2.69 bits per heavy atom. The van der Waals surface area contributed by atoms with E-state index in [2.05, 4.69) is 55.2 Å². The molecule has 3 rings (SSSR count). The molecule has 6 heteroatoms. The smallest absolute Gasteiger partial charge is 0.220 e. The van der Waals surface area contributed by atoms with Crippen molar-refractivity contribution in [2.45, 2.75) is 52.4 Å². The number of ether oxygens (including phenoxy) is 1. The molecule has 5 nitrogen and oxygen atoms in total. The maximum Gasteiger partial charge on any atom is 0.220 e. The molecule has 0 aliphatic carbocycles. The Morgan fingerprint density at radius 1 is 1.14 bits per heavy atom. The van der Waals surface area contributed by atoms with Crippen molar-refractivity contribution in [3.8, 4) is 0 Å². The van der Waals surface area contributed by atoms with Crippen LogP contribution in [0.2, 0.25) is 6.32 Å². The Bertz CT molecular complexity index is 994. The van der Waals surface area contributed by atoms with E-state index in [1.165, 1.54) is 0 Å². The number of H-pyrrole nitrogens is 1. The third-order valence-electron chi connectivity index (χ3n) is 5.50. The van der Waals surface area contributed by atoms with Gasteiger partial charge >= 0.3 is 0 Å². The monoisotopic (exact) mass is 393 g/mol. The van der Waals surface area contributed by atoms with Gasteiger partial charge in [-0.2, -0.15) is 0 Å². The van der Waals surface area contributed by atoms with Crippen LogP contribution in [0.5, 0.6) is 0 Å². The average molecular weight is 393 g/mol. The Labute approximate surface area is 174 Å². The number of carbonyl (C=O) groups is 1. The molecule has 0 saturated carbocycles. The summed E-state index contributed by atoms with van der Waals surface area (Å²) in [4.78, 5) is 20.1. The third kappa shape index (κ3) is 5.60. The molecule has 0 unspecified atom stereocenters. The molecule has 0 fully saturated rings. The van der Waals surface area contributed by atoms with Gasteiger partial charge in [0.15, 0.2) is 0 Å². The number of fused-ring (bicyclic) bond motifs is 3. The van der Waals surface area contributed by atoms with Gasteiger partial charge in [-0.05, 0) is 43.4 Å². The molecule has 0 atom stereocenters. The van der Waals surface area contributed by atoms with Crippen molar-refractivity contribution >= 4 is 35.6 Å². The van der Waals surface area contributed by atoms with Crippen LogP contribution >= 0.6 is 0 Å². The van der Waals surface area contributed by atoms with Gasteiger partial charge in [0.2, 0.25) is 5.91 Å². The largest absolute Gasteiger partial charge is 0.379 e. The summed E-state index contributed by atoms with van der Waals surface area (Å²) < 4.78 is 5.87. The van der Waals surface area contributed by atoms with Crippen molar-refractivity contribution in [3.05, 3.63) is 42.2 Å². The van der Waals surface area contributed by atoms with E-state index in [9.17, 15) is 4.79 Å². The second-order valence-corrected chi connectivity index (χ2v) is 9.37. The average Bonchev–Trinajstić information content (AvgIpc) is 3.03. The van der Waals surface area contributed by atoms with Crippen molar-refractivity contribution in [1.82, 2.24) is 15.3 Å². The number of hydrogen-bond donors (Lipinski definition) is 2. The van der Waals surface area contributed by atoms with Gasteiger partial charge in [-0.3, -0.25) is 9.78 Å². The molecule has 1 aromatic carbocycles. The highest BCUT2D eigenvalue weighted by molar-refractivity contribution is 6.09. The Kier molecular flexibility index (Phi) is 6.32. The number of aromatic nitrogens is 2. The number of hydrogen-bond acceptors (Lipinski definition) is 3. The Balaban J connectivity index is 1.54. The number of nitrogens with zero attached hydrogens (tertiary/aromatic N) is 1. The molecule has 0 bridgehead atoms. The summed E-state index contributed by atoms with van der Waals surface area (Å²) in [7, 11) is 2.17. The van der Waals surface area contributed by atoms with Crippen LogP contribution in [-0.4, -0.2) is 42.5 Å². The second kappa shape index (κ2) is 8.58. The maximum absolute atomic E-state index is 12.5. The van der Waals surface area contributed by atoms with Gasteiger partial charge in [0.1, 0.15) is 7.85 Å². The standard InChI is InChI=1S/C23H32BN3O2/c1-22(2,13-24)14-29-15-23(3,4)27-21(28)8-6-16-5-7-17-18-12-25-10-9-19(18)26-20(17)11-16/h5,7,9-12,26H,6,8,13-15,24H2,1-4H3,(H,27,28). The minimum atomic E-state index is -0.380. The van der Waals surface area contributed by atoms with Crippen LogP contribution in [0.4, 0.5) is 0 Å². The van der Waals surface area contributed by atoms with Crippen molar-refractivity contribution in [3.63, 3.8) is 0 Å². The lowest BCUT2D eigenvalue weighted by Crippen LogP contribution is -2.47. The lowest BCUT2D eigenvalue weighted by Gasteiger charge is -2.29. The van der Waals surface area contributed by atoms with E-state index in [-0.39, 0.29) is 16.9 Å². The number of aromatic amines is 1. The maximum atomic E-state index is 12.5. The van der Waals surface area contributed by atoms with Crippen molar-refractivity contribution in [1.29, 1.82) is 0 Å². The quantitative estimate of drug-likeness (QED) is 0.546. The van der Waals surface area contributed by atoms with Crippen molar-refractivity contribution in [2.75, 3.05) is 13.2 Å². The predicted molar refractivity (Wildman–Crippen MR) is 122 cm³/mol.